The third-order valence-electron chi connectivity index (χ3n) is 2.74. The molecule has 1 amide bonds. The van der Waals surface area contributed by atoms with Crippen molar-refractivity contribution in [3.8, 4) is 0 Å². The van der Waals surface area contributed by atoms with E-state index >= 15 is 0 Å². The Kier molecular flexibility index (Phi) is 3.27. The summed E-state index contributed by atoms with van der Waals surface area (Å²) in [5.74, 6) is -1.21. The fourth-order valence-electron chi connectivity index (χ4n) is 1.89. The summed E-state index contributed by atoms with van der Waals surface area (Å²) < 4.78 is 0. The van der Waals surface area contributed by atoms with Crippen LogP contribution in [0.25, 0.3) is 10.9 Å². The molecule has 0 aliphatic carbocycles. The summed E-state index contributed by atoms with van der Waals surface area (Å²) in [6.07, 6.45) is 1.83. The third-order valence-corrected chi connectivity index (χ3v) is 2.74. The smallest absolute Gasteiger partial charge is 0.216 e. The van der Waals surface area contributed by atoms with Crippen LogP contribution >= 0.6 is 0 Å². The fraction of sp³-hybridized carbons (Fsp3) is 0.250. The number of rotatable bonds is 3. The van der Waals surface area contributed by atoms with Gasteiger partial charge in [-0.15, -0.1) is 0 Å². The number of para-hydroxylation sites is 1. The number of nitrogens with one attached hydrogen (secondary N) is 2. The number of fused-ring (bicyclic) bond motifs is 1. The van der Waals surface area contributed by atoms with Gasteiger partial charge < -0.3 is 10.3 Å². The largest absolute Gasteiger partial charge is 0.363 e. The molecule has 2 aromatic rings. The van der Waals surface area contributed by atoms with Gasteiger partial charge in [0.2, 0.25) is 5.91 Å². The quantitative estimate of drug-likeness (QED) is 0.747. The summed E-state index contributed by atoms with van der Waals surface area (Å²) in [6, 6.07) is 7.83. The zero-order valence-corrected chi connectivity index (χ0v) is 9.60. The Labute approximate surface area is 103 Å². The van der Waals surface area contributed by atoms with Crippen molar-refractivity contribution in [1.82, 2.24) is 10.3 Å². The lowest BCUT2D eigenvalue weighted by molar-refractivity contribution is -0.119. The van der Waals surface area contributed by atoms with E-state index in [2.05, 4.69) is 10.3 Å². The van der Waals surface area contributed by atoms with Crippen LogP contribution in [0.1, 0.15) is 18.3 Å². The number of amides is 1. The second-order valence-corrected chi connectivity index (χ2v) is 4.04. The van der Waals surface area contributed by atoms with Gasteiger partial charge in [0.05, 0.1) is 15.7 Å². The lowest BCUT2D eigenvalue weighted by atomic mass is 9.68. The van der Waals surface area contributed by atoms with Gasteiger partial charge in [0.1, 0.15) is 0 Å². The second kappa shape index (κ2) is 4.70. The molecular formula is C12H12B2N2O. The minimum absolute atomic E-state index is 0.187. The van der Waals surface area contributed by atoms with Crippen LogP contribution in [0.5, 0.6) is 0 Å². The Morgan fingerprint density at radius 2 is 2.06 bits per heavy atom. The minimum Gasteiger partial charge on any atom is -0.363 e. The highest BCUT2D eigenvalue weighted by atomic mass is 16.1. The first kappa shape index (κ1) is 11.8. The summed E-state index contributed by atoms with van der Waals surface area (Å²) in [5, 5.41) is 3.62. The van der Waals surface area contributed by atoms with Gasteiger partial charge in [0.25, 0.3) is 0 Å². The molecule has 0 fully saturated rings. The van der Waals surface area contributed by atoms with Gasteiger partial charge in [-0.25, -0.2) is 0 Å². The molecule has 82 valence electrons. The van der Waals surface area contributed by atoms with E-state index in [-0.39, 0.29) is 5.91 Å². The molecule has 3 nitrogen and oxygen atoms in total. The van der Waals surface area contributed by atoms with Crippen molar-refractivity contribution in [3.63, 3.8) is 0 Å². The van der Waals surface area contributed by atoms with Crippen LogP contribution in [0.15, 0.2) is 30.5 Å². The summed E-state index contributed by atoms with van der Waals surface area (Å²) in [7, 11) is 11.9. The lowest BCUT2D eigenvalue weighted by Gasteiger charge is -2.21. The number of hydrogen-bond acceptors (Lipinski definition) is 1. The SMILES string of the molecule is [B]C(NC(C)=O)C([B])c1c[nH]c2ccccc12. The molecule has 2 rings (SSSR count). The Balaban J connectivity index is 2.30. The maximum absolute atomic E-state index is 10.9. The van der Waals surface area contributed by atoms with Crippen molar-refractivity contribution in [2.45, 2.75) is 18.7 Å². The molecule has 0 saturated carbocycles. The molecule has 0 aliphatic heterocycles. The van der Waals surface area contributed by atoms with E-state index in [1.54, 1.807) is 0 Å². The average molecular weight is 222 g/mol. The lowest BCUT2D eigenvalue weighted by Crippen LogP contribution is -2.38. The summed E-state index contributed by atoms with van der Waals surface area (Å²) in [6.45, 7) is 1.42. The molecule has 17 heavy (non-hydrogen) atoms. The molecule has 1 aromatic heterocycles. The maximum Gasteiger partial charge on any atom is 0.216 e. The molecule has 2 atom stereocenters. The standard InChI is InChI=1S/C12H12B2N2O/c1-7(17)16-12(14)11(13)9-6-15-10-5-3-2-4-8(9)10/h2-6,11-12,15H,1H3,(H,16,17). The predicted octanol–water partition coefficient (Wildman–Crippen LogP) is 1.01. The van der Waals surface area contributed by atoms with E-state index in [9.17, 15) is 4.79 Å². The summed E-state index contributed by atoms with van der Waals surface area (Å²) in [5.41, 5.74) is 1.91. The van der Waals surface area contributed by atoms with Crippen LogP contribution in [0.3, 0.4) is 0 Å². The van der Waals surface area contributed by atoms with E-state index in [1.165, 1.54) is 6.92 Å². The molecule has 0 aliphatic rings. The zero-order chi connectivity index (χ0) is 12.4. The monoisotopic (exact) mass is 222 g/mol. The van der Waals surface area contributed by atoms with E-state index in [0.29, 0.717) is 0 Å². The number of benzene rings is 1. The number of aromatic nitrogens is 1. The Hall–Kier alpha value is -1.64. The van der Waals surface area contributed by atoms with Gasteiger partial charge in [-0.1, -0.05) is 18.2 Å². The molecule has 0 bridgehead atoms. The van der Waals surface area contributed by atoms with Gasteiger partial charge in [0, 0.05) is 24.0 Å². The molecule has 1 aromatic carbocycles. The van der Waals surface area contributed by atoms with Crippen molar-refractivity contribution in [2.75, 3.05) is 0 Å². The number of aromatic amines is 1. The number of hydrogen-bond donors (Lipinski definition) is 2. The number of carbonyl (C=O) groups excluding carboxylic acids is 1. The highest BCUT2D eigenvalue weighted by Gasteiger charge is 2.17. The van der Waals surface area contributed by atoms with Crippen LogP contribution in [0.2, 0.25) is 0 Å². The van der Waals surface area contributed by atoms with Crippen LogP contribution < -0.4 is 5.32 Å². The van der Waals surface area contributed by atoms with Crippen molar-refractivity contribution in [2.24, 2.45) is 0 Å². The highest BCUT2D eigenvalue weighted by Crippen LogP contribution is 2.24. The number of carbonyl (C=O) groups is 1. The highest BCUT2D eigenvalue weighted by molar-refractivity contribution is 6.23. The maximum atomic E-state index is 10.9. The molecular weight excluding hydrogens is 210 g/mol. The Morgan fingerprint density at radius 3 is 2.76 bits per heavy atom. The molecule has 4 radical (unpaired) electrons. The van der Waals surface area contributed by atoms with Crippen LogP contribution in [0.4, 0.5) is 0 Å². The summed E-state index contributed by atoms with van der Waals surface area (Å²) >= 11 is 0. The first-order valence-electron chi connectivity index (χ1n) is 5.44. The molecule has 5 heteroatoms. The van der Waals surface area contributed by atoms with E-state index in [0.717, 1.165) is 16.5 Å². The normalized spacial score (nSPS) is 14.4. The Morgan fingerprint density at radius 1 is 1.35 bits per heavy atom. The van der Waals surface area contributed by atoms with Gasteiger partial charge >= 0.3 is 0 Å². The van der Waals surface area contributed by atoms with Crippen LogP contribution in [-0.4, -0.2) is 32.5 Å². The number of H-pyrrole nitrogens is 1. The van der Waals surface area contributed by atoms with Gasteiger partial charge in [0.15, 0.2) is 0 Å². The van der Waals surface area contributed by atoms with E-state index < -0.39 is 11.8 Å². The van der Waals surface area contributed by atoms with Crippen molar-refractivity contribution in [1.29, 1.82) is 0 Å². The second-order valence-electron chi connectivity index (χ2n) is 4.04. The first-order chi connectivity index (χ1) is 8.09. The molecule has 1 heterocycles. The summed E-state index contributed by atoms with van der Waals surface area (Å²) in [4.78, 5) is 14.1. The fourth-order valence-corrected chi connectivity index (χ4v) is 1.89. The van der Waals surface area contributed by atoms with Crippen molar-refractivity contribution < 1.29 is 4.79 Å². The predicted molar refractivity (Wildman–Crippen MR) is 70.2 cm³/mol. The molecule has 0 spiro atoms. The van der Waals surface area contributed by atoms with Gasteiger partial charge in [-0.2, -0.15) is 0 Å². The molecule has 2 unspecified atom stereocenters. The first-order valence-corrected chi connectivity index (χ1v) is 5.44. The van der Waals surface area contributed by atoms with Gasteiger partial charge in [-0.3, -0.25) is 4.79 Å². The Bertz CT molecular complexity index is 538. The zero-order valence-electron chi connectivity index (χ0n) is 9.60. The topological polar surface area (TPSA) is 44.9 Å². The third kappa shape index (κ3) is 2.38. The average Bonchev–Trinajstić information content (AvgIpc) is 2.70. The van der Waals surface area contributed by atoms with Crippen LogP contribution in [-0.2, 0) is 4.79 Å². The minimum atomic E-state index is -0.591. The molecule has 2 N–H and O–H groups in total. The van der Waals surface area contributed by atoms with Crippen molar-refractivity contribution in [3.05, 3.63) is 36.0 Å². The van der Waals surface area contributed by atoms with Gasteiger partial charge in [-0.05, 0) is 23.4 Å². The van der Waals surface area contributed by atoms with E-state index in [1.807, 2.05) is 30.5 Å². The van der Waals surface area contributed by atoms with Crippen LogP contribution in [0, 0.1) is 0 Å². The van der Waals surface area contributed by atoms with E-state index in [4.69, 9.17) is 15.7 Å². The molecule has 0 saturated heterocycles. The van der Waals surface area contributed by atoms with Crippen molar-refractivity contribution >= 4 is 32.5 Å².